The van der Waals surface area contributed by atoms with E-state index < -0.39 is 12.1 Å². The van der Waals surface area contributed by atoms with E-state index in [0.717, 1.165) is 32.7 Å². The molecular formula is C48H30O. The van der Waals surface area contributed by atoms with Gasteiger partial charge in [-0.1, -0.05) is 158 Å². The molecule has 10 aromatic rings. The summed E-state index contributed by atoms with van der Waals surface area (Å²) >= 11 is 0. The first kappa shape index (κ1) is 21.4. The first-order valence-corrected chi connectivity index (χ1v) is 16.3. The lowest BCUT2D eigenvalue weighted by Crippen LogP contribution is -1.92. The Kier molecular flexibility index (Phi) is 4.85. The highest BCUT2D eigenvalue weighted by Gasteiger charge is 2.19. The molecule has 1 heteroatoms. The van der Waals surface area contributed by atoms with Crippen molar-refractivity contribution in [1.29, 1.82) is 0 Å². The number of hydrogen-bond donors (Lipinski definition) is 0. The van der Waals surface area contributed by atoms with E-state index in [2.05, 4.69) is 24.3 Å². The minimum atomic E-state index is -0.401. The molecule has 1 heterocycles. The average molecular weight is 630 g/mol. The lowest BCUT2D eigenvalue weighted by atomic mass is 9.84. The summed E-state index contributed by atoms with van der Waals surface area (Å²) in [5, 5.41) is 4.99. The maximum atomic E-state index is 9.93. The van der Waals surface area contributed by atoms with Gasteiger partial charge >= 0.3 is 0 Å². The first-order valence-electron chi connectivity index (χ1n) is 19.8. The summed E-state index contributed by atoms with van der Waals surface area (Å²) in [6, 6.07) is 43.1. The molecule has 49 heavy (non-hydrogen) atoms. The van der Waals surface area contributed by atoms with Gasteiger partial charge in [-0.15, -0.1) is 0 Å². The molecule has 228 valence electrons. The Morgan fingerprint density at radius 3 is 1.84 bits per heavy atom. The van der Waals surface area contributed by atoms with Crippen molar-refractivity contribution in [2.45, 2.75) is 0 Å². The van der Waals surface area contributed by atoms with E-state index in [1.165, 1.54) is 0 Å². The van der Waals surface area contributed by atoms with Crippen LogP contribution in [0.3, 0.4) is 0 Å². The topological polar surface area (TPSA) is 13.1 Å². The molecule has 0 aliphatic carbocycles. The quantitative estimate of drug-likeness (QED) is 0.177. The third-order valence-electron chi connectivity index (χ3n) is 9.50. The summed E-state index contributed by atoms with van der Waals surface area (Å²) in [6.45, 7) is 0. The summed E-state index contributed by atoms with van der Waals surface area (Å²) in [4.78, 5) is 0. The highest BCUT2D eigenvalue weighted by Crippen LogP contribution is 2.46. The normalized spacial score (nSPS) is 13.7. The summed E-state index contributed by atoms with van der Waals surface area (Å²) in [6.07, 6.45) is 0. The third-order valence-corrected chi connectivity index (χ3v) is 9.50. The molecule has 0 bridgehead atoms. The van der Waals surface area contributed by atoms with E-state index in [9.17, 15) is 6.85 Å². The highest BCUT2D eigenvalue weighted by molar-refractivity contribution is 6.22. The SMILES string of the molecule is [2H]c1c([2H])c([2H])c2c(-c3ccc4oc5ccccc5c4c3)c3c([2H])c(-c4ccccc4)c([2H])c([2H])c3c(-c3ccc(-c4cccc5ccccc45)cc3)c2c1[2H]. The van der Waals surface area contributed by atoms with Crippen LogP contribution in [0.2, 0.25) is 0 Å². The van der Waals surface area contributed by atoms with Crippen molar-refractivity contribution < 1.29 is 14.0 Å². The van der Waals surface area contributed by atoms with Crippen molar-refractivity contribution in [3.8, 4) is 44.5 Å². The molecule has 0 atom stereocenters. The standard InChI is InChI=1S/C48H30O/c1-2-11-31(12-3-1)35-25-27-42-44(29-35)48(36-26-28-46-43(30-36)39-16-8-9-20-45(39)49-46)41-18-7-6-17-40(41)47(42)34-23-21-33(22-24-34)38-19-10-14-32-13-4-5-15-37(32)38/h1-30H/i6D,7D,17D,18D,25D,27D,29D. The molecule has 0 aliphatic rings. The van der Waals surface area contributed by atoms with Crippen LogP contribution in [0.25, 0.3) is 98.8 Å². The van der Waals surface area contributed by atoms with Crippen molar-refractivity contribution in [3.05, 3.63) is 182 Å². The Labute approximate surface area is 294 Å². The second-order valence-electron chi connectivity index (χ2n) is 12.3. The van der Waals surface area contributed by atoms with E-state index in [1.54, 1.807) is 0 Å². The van der Waals surface area contributed by atoms with Crippen molar-refractivity contribution >= 4 is 54.3 Å². The third kappa shape index (κ3) is 4.47. The van der Waals surface area contributed by atoms with Crippen LogP contribution in [0.5, 0.6) is 0 Å². The van der Waals surface area contributed by atoms with Crippen molar-refractivity contribution in [3.63, 3.8) is 0 Å². The zero-order valence-corrected chi connectivity index (χ0v) is 26.2. The average Bonchev–Trinajstić information content (AvgIpc) is 3.61. The summed E-state index contributed by atoms with van der Waals surface area (Å²) in [7, 11) is 0. The molecule has 1 aromatic heterocycles. The Bertz CT molecular complexity index is 3250. The van der Waals surface area contributed by atoms with Gasteiger partial charge in [-0.3, -0.25) is 0 Å². The number of hydrogen-bond acceptors (Lipinski definition) is 1. The van der Waals surface area contributed by atoms with E-state index in [4.69, 9.17) is 7.16 Å². The molecule has 0 aliphatic heterocycles. The summed E-state index contributed by atoms with van der Waals surface area (Å²) < 4.78 is 71.9. The molecule has 0 radical (unpaired) electrons. The van der Waals surface area contributed by atoms with Gasteiger partial charge in [0.15, 0.2) is 0 Å². The number of rotatable bonds is 4. The highest BCUT2D eigenvalue weighted by atomic mass is 16.3. The largest absolute Gasteiger partial charge is 0.456 e. The zero-order valence-electron chi connectivity index (χ0n) is 33.2. The summed E-state index contributed by atoms with van der Waals surface area (Å²) in [5.41, 5.74) is 6.24. The van der Waals surface area contributed by atoms with Gasteiger partial charge in [-0.2, -0.15) is 0 Å². The van der Waals surface area contributed by atoms with Crippen molar-refractivity contribution in [2.75, 3.05) is 0 Å². The predicted molar refractivity (Wildman–Crippen MR) is 208 cm³/mol. The molecule has 0 amide bonds. The Hall–Kier alpha value is -6.44. The minimum absolute atomic E-state index is 0.00212. The second kappa shape index (κ2) is 11.1. The molecule has 0 fully saturated rings. The van der Waals surface area contributed by atoms with Crippen LogP contribution in [-0.2, 0) is 0 Å². The number of benzene rings is 9. The van der Waals surface area contributed by atoms with Gasteiger partial charge in [-0.05, 0) is 101 Å². The van der Waals surface area contributed by atoms with E-state index in [0.29, 0.717) is 44.4 Å². The Morgan fingerprint density at radius 2 is 1.00 bits per heavy atom. The maximum Gasteiger partial charge on any atom is 0.135 e. The van der Waals surface area contributed by atoms with Crippen molar-refractivity contribution in [2.24, 2.45) is 0 Å². The van der Waals surface area contributed by atoms with Crippen LogP contribution in [0.4, 0.5) is 0 Å². The monoisotopic (exact) mass is 629 g/mol. The van der Waals surface area contributed by atoms with Gasteiger partial charge in [0.2, 0.25) is 0 Å². The molecule has 1 nitrogen and oxygen atoms in total. The molecular weight excluding hydrogens is 593 g/mol. The van der Waals surface area contributed by atoms with Gasteiger partial charge in [0.1, 0.15) is 11.2 Å². The van der Waals surface area contributed by atoms with Crippen LogP contribution < -0.4 is 0 Å². The first-order chi connectivity index (χ1) is 27.2. The number of para-hydroxylation sites is 1. The number of furan rings is 1. The zero-order chi connectivity index (χ0) is 38.4. The predicted octanol–water partition coefficient (Wildman–Crippen LogP) is 13.7. The molecule has 9 aromatic carbocycles. The fraction of sp³-hybridized carbons (Fsp3) is 0. The number of fused-ring (bicyclic) bond motifs is 6. The van der Waals surface area contributed by atoms with Crippen LogP contribution in [0.15, 0.2) is 186 Å². The fourth-order valence-electron chi connectivity index (χ4n) is 7.22. The van der Waals surface area contributed by atoms with E-state index >= 15 is 0 Å². The molecule has 10 rings (SSSR count). The lowest BCUT2D eigenvalue weighted by molar-refractivity contribution is 0.669. The van der Waals surface area contributed by atoms with Crippen molar-refractivity contribution in [1.82, 2.24) is 0 Å². The van der Waals surface area contributed by atoms with Gasteiger partial charge in [0.25, 0.3) is 0 Å². The van der Waals surface area contributed by atoms with Crippen LogP contribution in [-0.4, -0.2) is 0 Å². The Balaban J connectivity index is 1.38. The van der Waals surface area contributed by atoms with E-state index in [1.807, 2.05) is 115 Å². The van der Waals surface area contributed by atoms with Gasteiger partial charge in [0, 0.05) is 10.8 Å². The molecule has 0 saturated heterocycles. The van der Waals surface area contributed by atoms with Gasteiger partial charge in [-0.25, -0.2) is 0 Å². The molecule has 0 spiro atoms. The molecule has 0 saturated carbocycles. The molecule has 0 unspecified atom stereocenters. The maximum absolute atomic E-state index is 9.93. The van der Waals surface area contributed by atoms with Crippen LogP contribution in [0, 0.1) is 0 Å². The van der Waals surface area contributed by atoms with Gasteiger partial charge < -0.3 is 4.42 Å². The smallest absolute Gasteiger partial charge is 0.135 e. The second-order valence-corrected chi connectivity index (χ2v) is 12.3. The van der Waals surface area contributed by atoms with Crippen LogP contribution in [0.1, 0.15) is 9.60 Å². The fourth-order valence-corrected chi connectivity index (χ4v) is 7.22. The lowest BCUT2D eigenvalue weighted by Gasteiger charge is -2.19. The minimum Gasteiger partial charge on any atom is -0.456 e. The molecule has 0 N–H and O–H groups in total. The van der Waals surface area contributed by atoms with E-state index in [-0.39, 0.29) is 51.9 Å². The Morgan fingerprint density at radius 1 is 0.367 bits per heavy atom. The van der Waals surface area contributed by atoms with Crippen LogP contribution >= 0.6 is 0 Å². The van der Waals surface area contributed by atoms with Gasteiger partial charge in [0.05, 0.1) is 9.60 Å². The summed E-state index contributed by atoms with van der Waals surface area (Å²) in [5.74, 6) is 0.